The first kappa shape index (κ1) is 37.0. The van der Waals surface area contributed by atoms with E-state index in [1.165, 1.54) is 0 Å². The van der Waals surface area contributed by atoms with E-state index in [-0.39, 0.29) is 42.1 Å². The van der Waals surface area contributed by atoms with Crippen LogP contribution in [0.1, 0.15) is 115 Å². The molecule has 51 heavy (non-hydrogen) atoms. The molecule has 0 amide bonds. The summed E-state index contributed by atoms with van der Waals surface area (Å²) in [5.41, 5.74) is 1.71. The number of benzene rings is 2. The predicted molar refractivity (Wildman–Crippen MR) is 187 cm³/mol. The molecule has 2 aliphatic heterocycles. The first-order valence-corrected chi connectivity index (χ1v) is 18.9. The van der Waals surface area contributed by atoms with Crippen molar-refractivity contribution >= 4 is 23.9 Å². The summed E-state index contributed by atoms with van der Waals surface area (Å²) in [6.07, 6.45) is 11.1. The van der Waals surface area contributed by atoms with Crippen molar-refractivity contribution in [2.24, 2.45) is 11.8 Å². The van der Waals surface area contributed by atoms with Crippen LogP contribution in [0.25, 0.3) is 0 Å². The second-order valence-electron chi connectivity index (χ2n) is 15.2. The number of hydrogen-bond acceptors (Lipinski definition) is 10. The lowest BCUT2D eigenvalue weighted by Gasteiger charge is -2.26. The van der Waals surface area contributed by atoms with Crippen LogP contribution >= 0.6 is 0 Å². The highest BCUT2D eigenvalue weighted by molar-refractivity contribution is 5.73. The van der Waals surface area contributed by atoms with E-state index < -0.39 is 0 Å². The summed E-state index contributed by atoms with van der Waals surface area (Å²) in [7, 11) is 0. The van der Waals surface area contributed by atoms with Gasteiger partial charge in [-0.05, 0) is 111 Å². The molecule has 6 atom stereocenters. The van der Waals surface area contributed by atoms with Crippen LogP contribution in [0.3, 0.4) is 0 Å². The SMILES string of the molecule is CC(C)(c1ccc(OC(=O)CCCCC(=O)OCC2CCC3OC3C2)cc1)c1ccc(OC(=O)CCCCC(=O)OCC2CCC3OC3C2)cc1. The molecule has 4 aliphatic rings. The summed E-state index contributed by atoms with van der Waals surface area (Å²) < 4.78 is 33.0. The number of unbranched alkanes of at least 4 members (excludes halogenated alkanes) is 2. The zero-order valence-electron chi connectivity index (χ0n) is 30.0. The van der Waals surface area contributed by atoms with E-state index in [1.54, 1.807) is 24.3 Å². The van der Waals surface area contributed by atoms with Crippen LogP contribution in [0.4, 0.5) is 0 Å². The predicted octanol–water partition coefficient (Wildman–Crippen LogP) is 7.17. The lowest BCUT2D eigenvalue weighted by Crippen LogP contribution is -2.20. The molecule has 0 spiro atoms. The summed E-state index contributed by atoms with van der Waals surface area (Å²) >= 11 is 0. The minimum Gasteiger partial charge on any atom is -0.465 e. The van der Waals surface area contributed by atoms with Crippen molar-refractivity contribution in [1.82, 2.24) is 0 Å². The maximum Gasteiger partial charge on any atom is 0.311 e. The normalized spacial score (nSPS) is 24.7. The molecule has 0 aromatic heterocycles. The fraction of sp³-hybridized carbons (Fsp3) is 0.610. The topological polar surface area (TPSA) is 130 Å². The average Bonchev–Trinajstić information content (AvgIpc) is 4.06. The summed E-state index contributed by atoms with van der Waals surface area (Å²) in [6.45, 7) is 5.12. The molecule has 2 heterocycles. The maximum absolute atomic E-state index is 12.4. The molecular weight excluding hydrogens is 652 g/mol. The Morgan fingerprint density at radius 3 is 1.29 bits per heavy atom. The van der Waals surface area contributed by atoms with Gasteiger partial charge >= 0.3 is 23.9 Å². The standard InChI is InChI=1S/C41H52O10/c1-41(2,29-13-17-31(18-14-29)48-39(44)9-5-3-7-37(42)46-25-27-11-21-33-35(23-27)50-33)30-15-19-32(20-16-30)49-40(45)10-6-4-8-38(43)47-26-28-12-22-34-36(24-28)51-34/h13-20,27-28,33-36H,3-12,21-26H2,1-2H3. The zero-order valence-corrected chi connectivity index (χ0v) is 30.0. The van der Waals surface area contributed by atoms with Crippen molar-refractivity contribution in [3.63, 3.8) is 0 Å². The highest BCUT2D eigenvalue weighted by atomic mass is 16.6. The van der Waals surface area contributed by atoms with Gasteiger partial charge in [0.05, 0.1) is 37.6 Å². The van der Waals surface area contributed by atoms with Gasteiger partial charge in [0.15, 0.2) is 0 Å². The number of hydrogen-bond donors (Lipinski definition) is 0. The Hall–Kier alpha value is -3.76. The number of carbonyl (C=O) groups is 4. The Bertz CT molecular complexity index is 1390. The van der Waals surface area contributed by atoms with E-state index in [9.17, 15) is 19.2 Å². The van der Waals surface area contributed by atoms with Gasteiger partial charge in [0, 0.05) is 31.1 Å². The molecule has 0 radical (unpaired) electrons. The first-order valence-electron chi connectivity index (χ1n) is 18.9. The smallest absolute Gasteiger partial charge is 0.311 e. The molecule has 2 aliphatic carbocycles. The molecule has 276 valence electrons. The third-order valence-corrected chi connectivity index (χ3v) is 10.8. The third-order valence-electron chi connectivity index (χ3n) is 10.8. The quantitative estimate of drug-likeness (QED) is 0.0682. The van der Waals surface area contributed by atoms with E-state index in [4.69, 9.17) is 28.4 Å². The van der Waals surface area contributed by atoms with E-state index in [1.807, 2.05) is 24.3 Å². The Morgan fingerprint density at radius 1 is 0.549 bits per heavy atom. The minimum atomic E-state index is -0.357. The molecular formula is C41H52O10. The fourth-order valence-corrected chi connectivity index (χ4v) is 7.33. The van der Waals surface area contributed by atoms with Crippen LogP contribution in [-0.4, -0.2) is 61.5 Å². The van der Waals surface area contributed by atoms with Gasteiger partial charge in [-0.3, -0.25) is 19.2 Å². The lowest BCUT2D eigenvalue weighted by molar-refractivity contribution is -0.146. The Kier molecular flexibility index (Phi) is 12.5. The molecule has 0 N–H and O–H groups in total. The molecule has 10 nitrogen and oxygen atoms in total. The number of epoxide rings is 2. The third kappa shape index (κ3) is 11.1. The van der Waals surface area contributed by atoms with Gasteiger partial charge in [-0.25, -0.2) is 0 Å². The van der Waals surface area contributed by atoms with Gasteiger partial charge in [-0.1, -0.05) is 38.1 Å². The van der Waals surface area contributed by atoms with Gasteiger partial charge in [-0.15, -0.1) is 0 Å². The van der Waals surface area contributed by atoms with Gasteiger partial charge in [-0.2, -0.15) is 0 Å². The number of esters is 4. The van der Waals surface area contributed by atoms with Gasteiger partial charge in [0.1, 0.15) is 11.5 Å². The van der Waals surface area contributed by atoms with Crippen molar-refractivity contribution < 1.29 is 47.6 Å². The van der Waals surface area contributed by atoms with Crippen molar-refractivity contribution in [2.45, 2.75) is 134 Å². The summed E-state index contributed by atoms with van der Waals surface area (Å²) in [5, 5.41) is 0. The molecule has 0 bridgehead atoms. The van der Waals surface area contributed by atoms with Gasteiger partial charge < -0.3 is 28.4 Å². The van der Waals surface area contributed by atoms with Gasteiger partial charge in [0.25, 0.3) is 0 Å². The highest BCUT2D eigenvalue weighted by Crippen LogP contribution is 2.40. The van der Waals surface area contributed by atoms with Crippen molar-refractivity contribution in [3.05, 3.63) is 59.7 Å². The molecule has 2 aromatic rings. The number of rotatable bonds is 18. The second-order valence-corrected chi connectivity index (χ2v) is 15.2. The van der Waals surface area contributed by atoms with Crippen LogP contribution in [0.2, 0.25) is 0 Å². The number of carbonyl (C=O) groups excluding carboxylic acids is 4. The molecule has 2 saturated heterocycles. The maximum atomic E-state index is 12.4. The molecule has 2 saturated carbocycles. The van der Waals surface area contributed by atoms with Crippen molar-refractivity contribution in [3.8, 4) is 11.5 Å². The first-order chi connectivity index (χ1) is 24.6. The van der Waals surface area contributed by atoms with Crippen LogP contribution in [0, 0.1) is 11.8 Å². The van der Waals surface area contributed by atoms with E-state index in [2.05, 4.69) is 13.8 Å². The molecule has 6 unspecified atom stereocenters. The average molecular weight is 705 g/mol. The Balaban J connectivity index is 0.834. The fourth-order valence-electron chi connectivity index (χ4n) is 7.33. The minimum absolute atomic E-state index is 0.212. The molecule has 2 aromatic carbocycles. The van der Waals surface area contributed by atoms with Crippen LogP contribution < -0.4 is 9.47 Å². The zero-order chi connectivity index (χ0) is 35.8. The Morgan fingerprint density at radius 2 is 0.922 bits per heavy atom. The second kappa shape index (κ2) is 17.2. The lowest BCUT2D eigenvalue weighted by atomic mass is 9.78. The van der Waals surface area contributed by atoms with Gasteiger partial charge in [0.2, 0.25) is 0 Å². The highest BCUT2D eigenvalue weighted by Gasteiger charge is 2.44. The molecule has 10 heteroatoms. The van der Waals surface area contributed by atoms with Crippen molar-refractivity contribution in [2.75, 3.05) is 13.2 Å². The summed E-state index contributed by atoms with van der Waals surface area (Å²) in [6, 6.07) is 14.9. The van der Waals surface area contributed by atoms with Crippen LogP contribution in [-0.2, 0) is 43.5 Å². The summed E-state index contributed by atoms with van der Waals surface area (Å²) in [4.78, 5) is 49.0. The van der Waals surface area contributed by atoms with E-state index in [0.29, 0.717) is 99.5 Å². The largest absolute Gasteiger partial charge is 0.465 e. The number of ether oxygens (including phenoxy) is 6. The molecule has 4 fully saturated rings. The molecule has 6 rings (SSSR count). The van der Waals surface area contributed by atoms with Crippen LogP contribution in [0.5, 0.6) is 11.5 Å². The monoisotopic (exact) mass is 704 g/mol. The van der Waals surface area contributed by atoms with E-state index in [0.717, 1.165) is 49.7 Å². The van der Waals surface area contributed by atoms with E-state index >= 15 is 0 Å². The van der Waals surface area contributed by atoms with Crippen LogP contribution in [0.15, 0.2) is 48.5 Å². The summed E-state index contributed by atoms with van der Waals surface area (Å²) in [5.74, 6) is 0.645. The number of fused-ring (bicyclic) bond motifs is 2. The Labute approximate surface area is 300 Å². The van der Waals surface area contributed by atoms with Crippen molar-refractivity contribution in [1.29, 1.82) is 0 Å².